The van der Waals surface area contributed by atoms with Gasteiger partial charge in [0.1, 0.15) is 6.04 Å². The summed E-state index contributed by atoms with van der Waals surface area (Å²) in [5, 5.41) is 3.36. The third-order valence-electron chi connectivity index (χ3n) is 5.52. The predicted molar refractivity (Wildman–Crippen MR) is 103 cm³/mol. The number of nitrogens with one attached hydrogen (secondary N) is 1. The van der Waals surface area contributed by atoms with Crippen LogP contribution in [0.2, 0.25) is 0 Å². The van der Waals surface area contributed by atoms with Crippen molar-refractivity contribution in [3.63, 3.8) is 0 Å². The summed E-state index contributed by atoms with van der Waals surface area (Å²) in [5.41, 5.74) is 4.40. The number of amides is 3. The number of benzene rings is 2. The molecule has 5 rings (SSSR count). The summed E-state index contributed by atoms with van der Waals surface area (Å²) in [6, 6.07) is 14.9. The molecule has 1 saturated heterocycles. The second-order valence-electron chi connectivity index (χ2n) is 7.11. The van der Waals surface area contributed by atoms with Crippen LogP contribution in [0.5, 0.6) is 0 Å². The zero-order chi connectivity index (χ0) is 19.3. The van der Waals surface area contributed by atoms with Crippen molar-refractivity contribution in [3.05, 3.63) is 65.9 Å². The van der Waals surface area contributed by atoms with Crippen molar-refractivity contribution in [2.24, 2.45) is 0 Å². The second-order valence-corrected chi connectivity index (χ2v) is 7.11. The van der Waals surface area contributed by atoms with Gasteiger partial charge in [-0.05, 0) is 41.3 Å². The van der Waals surface area contributed by atoms with E-state index in [1.807, 2.05) is 42.5 Å². The number of pyridine rings is 1. The van der Waals surface area contributed by atoms with Gasteiger partial charge in [-0.15, -0.1) is 0 Å². The fourth-order valence-corrected chi connectivity index (χ4v) is 4.18. The first kappa shape index (κ1) is 16.6. The number of hydrogen-bond donors (Lipinski definition) is 1. The van der Waals surface area contributed by atoms with E-state index in [1.165, 1.54) is 0 Å². The predicted octanol–water partition coefficient (Wildman–Crippen LogP) is 2.66. The second kappa shape index (κ2) is 6.27. The molecule has 3 amide bonds. The van der Waals surface area contributed by atoms with E-state index in [4.69, 9.17) is 0 Å². The maximum absolute atomic E-state index is 13.0. The molecule has 1 unspecified atom stereocenters. The molecule has 0 saturated carbocycles. The molecule has 2 aromatic carbocycles. The Labute approximate surface area is 161 Å². The zero-order valence-corrected chi connectivity index (χ0v) is 15.0. The number of hydrogen-bond acceptors (Lipinski definition) is 4. The van der Waals surface area contributed by atoms with Crippen LogP contribution in [0.1, 0.15) is 28.8 Å². The lowest BCUT2D eigenvalue weighted by atomic mass is 9.94. The highest BCUT2D eigenvalue weighted by molar-refractivity contribution is 6.07. The smallest absolute Gasteiger partial charge is 0.255 e. The van der Waals surface area contributed by atoms with Gasteiger partial charge in [-0.3, -0.25) is 24.7 Å². The topological polar surface area (TPSA) is 79.4 Å². The molecule has 2 aliphatic heterocycles. The molecule has 138 valence electrons. The van der Waals surface area contributed by atoms with Crippen LogP contribution in [0.15, 0.2) is 54.7 Å². The van der Waals surface area contributed by atoms with Crippen LogP contribution < -0.4 is 5.32 Å². The van der Waals surface area contributed by atoms with E-state index in [2.05, 4.69) is 10.3 Å². The lowest BCUT2D eigenvalue weighted by Crippen LogP contribution is -2.52. The summed E-state index contributed by atoms with van der Waals surface area (Å²) >= 11 is 0. The number of nitrogens with zero attached hydrogens (tertiary/aromatic N) is 2. The molecule has 1 N–H and O–H groups in total. The maximum atomic E-state index is 13.0. The minimum Gasteiger partial charge on any atom is -0.322 e. The molecule has 2 aliphatic rings. The Bertz CT molecular complexity index is 1150. The van der Waals surface area contributed by atoms with Crippen LogP contribution in [0.3, 0.4) is 0 Å². The quantitative estimate of drug-likeness (QED) is 0.703. The first-order chi connectivity index (χ1) is 13.6. The summed E-state index contributed by atoms with van der Waals surface area (Å²) in [7, 11) is 0. The largest absolute Gasteiger partial charge is 0.322 e. The van der Waals surface area contributed by atoms with Crippen LogP contribution in [0.4, 0.5) is 0 Å². The van der Waals surface area contributed by atoms with Crippen LogP contribution in [-0.4, -0.2) is 33.6 Å². The van der Waals surface area contributed by atoms with Crippen molar-refractivity contribution in [2.75, 3.05) is 0 Å². The van der Waals surface area contributed by atoms with Gasteiger partial charge in [0.25, 0.3) is 5.91 Å². The lowest BCUT2D eigenvalue weighted by Gasteiger charge is -2.29. The summed E-state index contributed by atoms with van der Waals surface area (Å²) in [4.78, 5) is 42.8. The summed E-state index contributed by atoms with van der Waals surface area (Å²) in [6.07, 6.45) is 2.37. The summed E-state index contributed by atoms with van der Waals surface area (Å²) < 4.78 is 0. The zero-order valence-electron chi connectivity index (χ0n) is 15.0. The van der Waals surface area contributed by atoms with Gasteiger partial charge < -0.3 is 4.90 Å². The standard InChI is InChI=1S/C22H17N3O3/c26-20-10-9-19(21(27)24-20)25-12-17-14(4-1-6-16(17)22(25)28)13-5-2-8-18-15(13)7-3-11-23-18/h1-8,11,19H,9-10,12H2,(H,24,26,27). The third-order valence-corrected chi connectivity index (χ3v) is 5.52. The Kier molecular flexibility index (Phi) is 3.72. The van der Waals surface area contributed by atoms with Gasteiger partial charge in [0, 0.05) is 30.1 Å². The van der Waals surface area contributed by atoms with E-state index >= 15 is 0 Å². The molecule has 6 heteroatoms. The van der Waals surface area contributed by atoms with Crippen molar-refractivity contribution in [2.45, 2.75) is 25.4 Å². The van der Waals surface area contributed by atoms with E-state index in [1.54, 1.807) is 17.2 Å². The van der Waals surface area contributed by atoms with Gasteiger partial charge in [0.05, 0.1) is 5.52 Å². The van der Waals surface area contributed by atoms with Crippen molar-refractivity contribution in [3.8, 4) is 11.1 Å². The third kappa shape index (κ3) is 2.49. The van der Waals surface area contributed by atoms with Gasteiger partial charge >= 0.3 is 0 Å². The van der Waals surface area contributed by atoms with Crippen LogP contribution in [-0.2, 0) is 16.1 Å². The molecule has 28 heavy (non-hydrogen) atoms. The number of carbonyl (C=O) groups excluding carboxylic acids is 3. The number of carbonyl (C=O) groups is 3. The molecule has 0 aliphatic carbocycles. The molecule has 0 bridgehead atoms. The molecular formula is C22H17N3O3. The molecule has 3 heterocycles. The highest BCUT2D eigenvalue weighted by atomic mass is 16.2. The first-order valence-corrected chi connectivity index (χ1v) is 9.24. The Morgan fingerprint density at radius 2 is 1.71 bits per heavy atom. The normalized spacial score (nSPS) is 19.1. The highest BCUT2D eigenvalue weighted by Crippen LogP contribution is 2.37. The molecule has 1 aromatic heterocycles. The van der Waals surface area contributed by atoms with Gasteiger partial charge in [-0.1, -0.05) is 30.3 Å². The van der Waals surface area contributed by atoms with E-state index in [0.29, 0.717) is 18.5 Å². The van der Waals surface area contributed by atoms with E-state index in [-0.39, 0.29) is 18.2 Å². The average molecular weight is 371 g/mol. The molecule has 1 fully saturated rings. The van der Waals surface area contributed by atoms with Crippen molar-refractivity contribution >= 4 is 28.6 Å². The van der Waals surface area contributed by atoms with E-state index < -0.39 is 11.9 Å². The summed E-state index contributed by atoms with van der Waals surface area (Å²) in [5.74, 6) is -0.840. The van der Waals surface area contributed by atoms with Crippen molar-refractivity contribution in [1.82, 2.24) is 15.2 Å². The molecular weight excluding hydrogens is 354 g/mol. The number of piperidine rings is 1. The Balaban J connectivity index is 1.59. The molecule has 3 aromatic rings. The Morgan fingerprint density at radius 3 is 2.57 bits per heavy atom. The highest BCUT2D eigenvalue weighted by Gasteiger charge is 2.39. The van der Waals surface area contributed by atoms with E-state index in [9.17, 15) is 14.4 Å². The Hall–Kier alpha value is -3.54. The molecule has 1 atom stereocenters. The maximum Gasteiger partial charge on any atom is 0.255 e. The number of fused-ring (bicyclic) bond motifs is 2. The fourth-order valence-electron chi connectivity index (χ4n) is 4.18. The molecule has 6 nitrogen and oxygen atoms in total. The number of aromatic nitrogens is 1. The molecule has 0 radical (unpaired) electrons. The SMILES string of the molecule is O=C1CCC(N2Cc3c(cccc3-c3cccc4ncccc34)C2=O)C(=O)N1. The minimum atomic E-state index is -0.611. The number of rotatable bonds is 2. The minimum absolute atomic E-state index is 0.162. The summed E-state index contributed by atoms with van der Waals surface area (Å²) in [6.45, 7) is 0.354. The first-order valence-electron chi connectivity index (χ1n) is 9.24. The Morgan fingerprint density at radius 1 is 0.929 bits per heavy atom. The van der Waals surface area contributed by atoms with Crippen LogP contribution in [0, 0.1) is 0 Å². The molecule has 0 spiro atoms. The average Bonchev–Trinajstić information content (AvgIpc) is 3.04. The monoisotopic (exact) mass is 371 g/mol. The van der Waals surface area contributed by atoms with Gasteiger partial charge in [-0.25, -0.2) is 0 Å². The van der Waals surface area contributed by atoms with Crippen LogP contribution >= 0.6 is 0 Å². The van der Waals surface area contributed by atoms with Crippen molar-refractivity contribution < 1.29 is 14.4 Å². The lowest BCUT2D eigenvalue weighted by molar-refractivity contribution is -0.136. The van der Waals surface area contributed by atoms with Gasteiger partial charge in [0.15, 0.2) is 0 Å². The van der Waals surface area contributed by atoms with Crippen molar-refractivity contribution in [1.29, 1.82) is 0 Å². The van der Waals surface area contributed by atoms with Gasteiger partial charge in [-0.2, -0.15) is 0 Å². The van der Waals surface area contributed by atoms with Crippen LogP contribution in [0.25, 0.3) is 22.0 Å². The number of imide groups is 1. The fraction of sp³-hybridized carbons (Fsp3) is 0.182. The van der Waals surface area contributed by atoms with Gasteiger partial charge in [0.2, 0.25) is 11.8 Å². The van der Waals surface area contributed by atoms with E-state index in [0.717, 1.165) is 27.6 Å².